The number of imide groups is 1. The van der Waals surface area contributed by atoms with Crippen LogP contribution in [0.3, 0.4) is 0 Å². The van der Waals surface area contributed by atoms with Gasteiger partial charge in [0.25, 0.3) is 5.91 Å². The van der Waals surface area contributed by atoms with E-state index in [1.807, 2.05) is 0 Å². The fourth-order valence-electron chi connectivity index (χ4n) is 2.86. The van der Waals surface area contributed by atoms with Crippen LogP contribution in [0.15, 0.2) is 23.0 Å². The zero-order valence-electron chi connectivity index (χ0n) is 12.4. The maximum Gasteiger partial charge on any atom is 0.257 e. The van der Waals surface area contributed by atoms with E-state index in [1.54, 1.807) is 11.0 Å². The molecule has 22 heavy (non-hydrogen) atoms. The number of rotatable bonds is 4. The highest BCUT2D eigenvalue weighted by molar-refractivity contribution is 6.01. The summed E-state index contributed by atoms with van der Waals surface area (Å²) in [5.74, 6) is -0.157. The summed E-state index contributed by atoms with van der Waals surface area (Å²) in [5.41, 5.74) is 0.571. The highest BCUT2D eigenvalue weighted by atomic mass is 16.3. The van der Waals surface area contributed by atoms with Gasteiger partial charge >= 0.3 is 0 Å². The Balaban J connectivity index is 1.45. The number of hydrogen-bond acceptors (Lipinski definition) is 5. The van der Waals surface area contributed by atoms with Crippen LogP contribution in [0.1, 0.15) is 23.2 Å². The normalized spacial score (nSPS) is 20.0. The SMILES string of the molecule is O=C(c1ccoc1)N1CCN(CCN2C(=O)CCC2=O)CC1. The molecule has 1 aromatic heterocycles. The molecule has 118 valence electrons. The average Bonchev–Trinajstić information content (AvgIpc) is 3.17. The van der Waals surface area contributed by atoms with Crippen LogP contribution in [0.4, 0.5) is 0 Å². The number of nitrogens with zero attached hydrogens (tertiary/aromatic N) is 3. The molecule has 0 unspecified atom stereocenters. The van der Waals surface area contributed by atoms with Gasteiger partial charge in [0.05, 0.1) is 11.8 Å². The quantitative estimate of drug-likeness (QED) is 0.742. The molecule has 7 heteroatoms. The average molecular weight is 305 g/mol. The van der Waals surface area contributed by atoms with Gasteiger partial charge in [-0.15, -0.1) is 0 Å². The Kier molecular flexibility index (Phi) is 4.24. The third kappa shape index (κ3) is 3.04. The van der Waals surface area contributed by atoms with Crippen LogP contribution in [-0.4, -0.2) is 71.7 Å². The summed E-state index contributed by atoms with van der Waals surface area (Å²) in [6.07, 6.45) is 3.63. The van der Waals surface area contributed by atoms with Crippen molar-refractivity contribution >= 4 is 17.7 Å². The first-order valence-corrected chi connectivity index (χ1v) is 7.52. The van der Waals surface area contributed by atoms with E-state index in [0.717, 1.165) is 13.1 Å². The standard InChI is InChI=1S/C15H19N3O4/c19-13-1-2-14(20)18(13)9-6-16-4-7-17(8-5-16)15(21)12-3-10-22-11-12/h3,10-11H,1-2,4-9H2. The lowest BCUT2D eigenvalue weighted by molar-refractivity contribution is -0.138. The summed E-state index contributed by atoms with van der Waals surface area (Å²) < 4.78 is 4.94. The Labute approximate surface area is 128 Å². The topological polar surface area (TPSA) is 74.1 Å². The summed E-state index contributed by atoms with van der Waals surface area (Å²) in [5, 5.41) is 0. The lowest BCUT2D eigenvalue weighted by Crippen LogP contribution is -2.50. The van der Waals surface area contributed by atoms with Gasteiger partial charge < -0.3 is 9.32 Å². The van der Waals surface area contributed by atoms with Crippen molar-refractivity contribution in [1.82, 2.24) is 14.7 Å². The van der Waals surface area contributed by atoms with E-state index in [1.165, 1.54) is 17.4 Å². The molecule has 0 bridgehead atoms. The van der Waals surface area contributed by atoms with E-state index in [9.17, 15) is 14.4 Å². The molecule has 3 heterocycles. The van der Waals surface area contributed by atoms with Crippen molar-refractivity contribution in [2.45, 2.75) is 12.8 Å². The van der Waals surface area contributed by atoms with Gasteiger partial charge in [-0.25, -0.2) is 0 Å². The molecule has 2 fully saturated rings. The molecule has 1 aromatic rings. The third-order valence-electron chi connectivity index (χ3n) is 4.22. The fourth-order valence-corrected chi connectivity index (χ4v) is 2.86. The lowest BCUT2D eigenvalue weighted by Gasteiger charge is -2.35. The summed E-state index contributed by atoms with van der Waals surface area (Å²) in [4.78, 5) is 40.6. The molecule has 0 aliphatic carbocycles. The Hall–Kier alpha value is -2.15. The minimum absolute atomic E-state index is 0.0155. The number of carbonyl (C=O) groups excluding carboxylic acids is 3. The largest absolute Gasteiger partial charge is 0.472 e. The Morgan fingerprint density at radius 2 is 1.73 bits per heavy atom. The van der Waals surface area contributed by atoms with Gasteiger partial charge in [-0.05, 0) is 6.07 Å². The van der Waals surface area contributed by atoms with Crippen LogP contribution in [0.5, 0.6) is 0 Å². The third-order valence-corrected chi connectivity index (χ3v) is 4.22. The number of carbonyl (C=O) groups is 3. The lowest BCUT2D eigenvalue weighted by atomic mass is 10.2. The van der Waals surface area contributed by atoms with E-state index in [4.69, 9.17) is 4.42 Å². The highest BCUT2D eigenvalue weighted by Crippen LogP contribution is 2.13. The van der Waals surface area contributed by atoms with Crippen molar-refractivity contribution in [3.05, 3.63) is 24.2 Å². The molecule has 0 aromatic carbocycles. The Bertz CT molecular complexity index is 545. The number of amides is 3. The van der Waals surface area contributed by atoms with Crippen LogP contribution in [0.2, 0.25) is 0 Å². The second-order valence-corrected chi connectivity index (χ2v) is 5.58. The molecule has 0 saturated carbocycles. The van der Waals surface area contributed by atoms with Gasteiger partial charge in [-0.3, -0.25) is 24.2 Å². The monoisotopic (exact) mass is 305 g/mol. The maximum atomic E-state index is 12.2. The van der Waals surface area contributed by atoms with E-state index in [0.29, 0.717) is 44.6 Å². The number of furan rings is 1. The molecule has 0 N–H and O–H groups in total. The van der Waals surface area contributed by atoms with E-state index in [2.05, 4.69) is 4.90 Å². The summed E-state index contributed by atoms with van der Waals surface area (Å²) >= 11 is 0. The first-order valence-electron chi connectivity index (χ1n) is 7.52. The molecule has 0 radical (unpaired) electrons. The zero-order chi connectivity index (χ0) is 15.5. The maximum absolute atomic E-state index is 12.2. The minimum atomic E-state index is -0.0706. The van der Waals surface area contributed by atoms with E-state index in [-0.39, 0.29) is 17.7 Å². The predicted molar refractivity (Wildman–Crippen MR) is 77.0 cm³/mol. The molecule has 2 aliphatic rings. The summed E-state index contributed by atoms with van der Waals surface area (Å²) in [6.45, 7) is 3.91. The van der Waals surface area contributed by atoms with Crippen molar-refractivity contribution in [3.63, 3.8) is 0 Å². The smallest absolute Gasteiger partial charge is 0.257 e. The number of likely N-dealkylation sites (tertiary alicyclic amines) is 1. The van der Waals surface area contributed by atoms with Gasteiger partial charge in [0.1, 0.15) is 6.26 Å². The van der Waals surface area contributed by atoms with Crippen LogP contribution in [-0.2, 0) is 9.59 Å². The van der Waals surface area contributed by atoms with Gasteiger partial charge in [0, 0.05) is 52.1 Å². The second kappa shape index (κ2) is 6.31. The molecule has 7 nitrogen and oxygen atoms in total. The van der Waals surface area contributed by atoms with Crippen molar-refractivity contribution in [1.29, 1.82) is 0 Å². The summed E-state index contributed by atoms with van der Waals surface area (Å²) in [6, 6.07) is 1.67. The minimum Gasteiger partial charge on any atom is -0.472 e. The Morgan fingerprint density at radius 1 is 1.05 bits per heavy atom. The Morgan fingerprint density at radius 3 is 2.32 bits per heavy atom. The number of piperazine rings is 1. The first-order chi connectivity index (χ1) is 10.6. The fraction of sp³-hybridized carbons (Fsp3) is 0.533. The van der Waals surface area contributed by atoms with Crippen molar-refractivity contribution in [3.8, 4) is 0 Å². The zero-order valence-corrected chi connectivity index (χ0v) is 12.4. The van der Waals surface area contributed by atoms with Crippen molar-refractivity contribution in [2.75, 3.05) is 39.3 Å². The highest BCUT2D eigenvalue weighted by Gasteiger charge is 2.29. The summed E-state index contributed by atoms with van der Waals surface area (Å²) in [7, 11) is 0. The number of hydrogen-bond donors (Lipinski definition) is 0. The molecule has 0 spiro atoms. The van der Waals surface area contributed by atoms with Gasteiger partial charge in [-0.2, -0.15) is 0 Å². The van der Waals surface area contributed by atoms with Gasteiger partial charge in [-0.1, -0.05) is 0 Å². The van der Waals surface area contributed by atoms with Crippen LogP contribution < -0.4 is 0 Å². The molecule has 0 atom stereocenters. The molecule has 2 saturated heterocycles. The predicted octanol–water partition coefficient (Wildman–Crippen LogP) is 0.186. The molecule has 3 rings (SSSR count). The van der Waals surface area contributed by atoms with E-state index < -0.39 is 0 Å². The van der Waals surface area contributed by atoms with Crippen LogP contribution in [0.25, 0.3) is 0 Å². The van der Waals surface area contributed by atoms with E-state index >= 15 is 0 Å². The first kappa shape index (κ1) is 14.8. The molecular weight excluding hydrogens is 286 g/mol. The second-order valence-electron chi connectivity index (χ2n) is 5.58. The van der Waals surface area contributed by atoms with Crippen molar-refractivity contribution < 1.29 is 18.8 Å². The molecule has 3 amide bonds. The van der Waals surface area contributed by atoms with Gasteiger partial charge in [0.2, 0.25) is 11.8 Å². The van der Waals surface area contributed by atoms with Gasteiger partial charge in [0.15, 0.2) is 0 Å². The van der Waals surface area contributed by atoms with Crippen molar-refractivity contribution in [2.24, 2.45) is 0 Å². The molecular formula is C15H19N3O4. The molecule has 2 aliphatic heterocycles. The van der Waals surface area contributed by atoms with Crippen LogP contribution in [0, 0.1) is 0 Å². The van der Waals surface area contributed by atoms with Crippen LogP contribution >= 0.6 is 0 Å².